The Hall–Kier alpha value is -0.580. The largest absolute Gasteiger partial charge is 0.330 e. The zero-order valence-electron chi connectivity index (χ0n) is 12.8. The third-order valence-electron chi connectivity index (χ3n) is 3.40. The average molecular weight is 287 g/mol. The van der Waals surface area contributed by atoms with Crippen LogP contribution in [0.3, 0.4) is 0 Å². The first-order valence-corrected chi connectivity index (χ1v) is 7.29. The van der Waals surface area contributed by atoms with Crippen LogP contribution < -0.4 is 5.73 Å². The number of nitrogens with zero attached hydrogens (tertiary/aromatic N) is 3. The number of aryl methyl sites for hydroxylation is 2. The fraction of sp³-hybridized carbons (Fsp3) is 0.786. The lowest BCUT2D eigenvalue weighted by molar-refractivity contribution is 0.175. The van der Waals surface area contributed by atoms with Gasteiger partial charge in [-0.15, -0.1) is 0 Å². The lowest BCUT2D eigenvalue weighted by Crippen LogP contribution is -2.38. The third kappa shape index (κ3) is 4.48. The van der Waals surface area contributed by atoms with Crippen molar-refractivity contribution in [3.05, 3.63) is 16.4 Å². The van der Waals surface area contributed by atoms with Crippen LogP contribution in [0, 0.1) is 12.3 Å². The number of halogens is 1. The molecule has 0 saturated heterocycles. The fourth-order valence-electron chi connectivity index (χ4n) is 2.28. The number of nitrogens with two attached hydrogens (primary N) is 1. The van der Waals surface area contributed by atoms with Gasteiger partial charge in [0, 0.05) is 25.7 Å². The Labute approximate surface area is 121 Å². The van der Waals surface area contributed by atoms with Gasteiger partial charge < -0.3 is 5.73 Å². The fourth-order valence-corrected chi connectivity index (χ4v) is 2.51. The van der Waals surface area contributed by atoms with Crippen LogP contribution in [-0.4, -0.2) is 34.3 Å². The number of hydrogen-bond acceptors (Lipinski definition) is 3. The van der Waals surface area contributed by atoms with Gasteiger partial charge in [0.1, 0.15) is 5.15 Å². The summed E-state index contributed by atoms with van der Waals surface area (Å²) in [5.41, 5.74) is 8.10. The van der Waals surface area contributed by atoms with Crippen molar-refractivity contribution in [1.82, 2.24) is 14.7 Å². The van der Waals surface area contributed by atoms with E-state index in [9.17, 15) is 0 Å². The van der Waals surface area contributed by atoms with Gasteiger partial charge in [-0.05, 0) is 31.8 Å². The van der Waals surface area contributed by atoms with Gasteiger partial charge in [0.2, 0.25) is 0 Å². The highest BCUT2D eigenvalue weighted by molar-refractivity contribution is 6.30. The molecule has 0 amide bonds. The van der Waals surface area contributed by atoms with E-state index in [1.807, 2.05) is 14.0 Å². The molecule has 0 aliphatic heterocycles. The number of hydrogen-bond donors (Lipinski definition) is 1. The second-order valence-corrected chi connectivity index (χ2v) is 6.42. The minimum atomic E-state index is 0.123. The molecule has 1 aromatic rings. The van der Waals surface area contributed by atoms with Crippen LogP contribution >= 0.6 is 11.6 Å². The Balaban J connectivity index is 2.83. The molecule has 0 aliphatic rings. The van der Waals surface area contributed by atoms with E-state index in [0.29, 0.717) is 6.54 Å². The van der Waals surface area contributed by atoms with E-state index in [1.165, 1.54) is 0 Å². The van der Waals surface area contributed by atoms with E-state index < -0.39 is 0 Å². The van der Waals surface area contributed by atoms with E-state index in [2.05, 4.69) is 30.8 Å². The van der Waals surface area contributed by atoms with E-state index in [-0.39, 0.29) is 5.41 Å². The molecule has 0 radical (unpaired) electrons. The van der Waals surface area contributed by atoms with Crippen molar-refractivity contribution in [3.8, 4) is 0 Å². The van der Waals surface area contributed by atoms with Crippen molar-refractivity contribution < 1.29 is 0 Å². The molecule has 110 valence electrons. The molecule has 0 unspecified atom stereocenters. The second-order valence-electron chi connectivity index (χ2n) is 6.06. The summed E-state index contributed by atoms with van der Waals surface area (Å²) in [5, 5.41) is 5.11. The van der Waals surface area contributed by atoms with Gasteiger partial charge >= 0.3 is 0 Å². The molecule has 4 nitrogen and oxygen atoms in total. The molecule has 0 saturated carbocycles. The first-order chi connectivity index (χ1) is 8.80. The van der Waals surface area contributed by atoms with Crippen molar-refractivity contribution in [2.45, 2.75) is 40.7 Å². The summed E-state index contributed by atoms with van der Waals surface area (Å²) < 4.78 is 1.74. The predicted octanol–water partition coefficient (Wildman–Crippen LogP) is 2.58. The van der Waals surface area contributed by atoms with Gasteiger partial charge in [-0.3, -0.25) is 9.58 Å². The molecule has 1 aromatic heterocycles. The maximum absolute atomic E-state index is 6.31. The minimum Gasteiger partial charge on any atom is -0.330 e. The van der Waals surface area contributed by atoms with Crippen LogP contribution in [0.5, 0.6) is 0 Å². The molecule has 1 rings (SSSR count). The maximum Gasteiger partial charge on any atom is 0.131 e. The molecule has 0 atom stereocenters. The van der Waals surface area contributed by atoms with Crippen LogP contribution in [-0.2, 0) is 13.6 Å². The molecule has 5 heteroatoms. The highest BCUT2D eigenvalue weighted by atomic mass is 35.5. The first kappa shape index (κ1) is 16.5. The molecule has 2 N–H and O–H groups in total. The quantitative estimate of drug-likeness (QED) is 0.838. The Bertz CT molecular complexity index is 412. The standard InChI is InChI=1S/C14H27ClN4/c1-6-7-19(10-14(3,4)9-16)8-12-11(2)17-18(5)13(12)15/h6-10,16H2,1-5H3. The Morgan fingerprint density at radius 2 is 2.05 bits per heavy atom. The van der Waals surface area contributed by atoms with E-state index in [1.54, 1.807) is 4.68 Å². The van der Waals surface area contributed by atoms with E-state index in [0.717, 1.165) is 42.5 Å². The van der Waals surface area contributed by atoms with E-state index >= 15 is 0 Å². The lowest BCUT2D eigenvalue weighted by atomic mass is 9.93. The summed E-state index contributed by atoms with van der Waals surface area (Å²) in [4.78, 5) is 2.42. The summed E-state index contributed by atoms with van der Waals surface area (Å²) in [5.74, 6) is 0. The van der Waals surface area contributed by atoms with Gasteiger partial charge in [-0.1, -0.05) is 32.4 Å². The highest BCUT2D eigenvalue weighted by Gasteiger charge is 2.22. The van der Waals surface area contributed by atoms with Crippen molar-refractivity contribution >= 4 is 11.6 Å². The SMILES string of the molecule is CCCN(Cc1c(C)nn(C)c1Cl)CC(C)(C)CN. The molecular formula is C14H27ClN4. The Morgan fingerprint density at radius 1 is 1.42 bits per heavy atom. The number of rotatable bonds is 7. The van der Waals surface area contributed by atoms with Crippen molar-refractivity contribution in [1.29, 1.82) is 0 Å². The average Bonchev–Trinajstić information content (AvgIpc) is 2.56. The molecule has 0 bridgehead atoms. The van der Waals surface area contributed by atoms with Crippen LogP contribution in [0.15, 0.2) is 0 Å². The van der Waals surface area contributed by atoms with Crippen LogP contribution in [0.2, 0.25) is 5.15 Å². The van der Waals surface area contributed by atoms with Gasteiger partial charge in [0.05, 0.1) is 5.69 Å². The summed E-state index contributed by atoms with van der Waals surface area (Å²) in [6.45, 7) is 12.2. The van der Waals surface area contributed by atoms with E-state index in [4.69, 9.17) is 17.3 Å². The van der Waals surface area contributed by atoms with Crippen LogP contribution in [0.25, 0.3) is 0 Å². The zero-order chi connectivity index (χ0) is 14.6. The van der Waals surface area contributed by atoms with Crippen molar-refractivity contribution in [3.63, 3.8) is 0 Å². The van der Waals surface area contributed by atoms with Crippen LogP contribution in [0.4, 0.5) is 0 Å². The lowest BCUT2D eigenvalue weighted by Gasteiger charge is -2.31. The normalized spacial score (nSPS) is 12.4. The molecule has 1 heterocycles. The summed E-state index contributed by atoms with van der Waals surface area (Å²) in [6.07, 6.45) is 1.12. The van der Waals surface area contributed by atoms with Gasteiger partial charge in [-0.2, -0.15) is 5.10 Å². The first-order valence-electron chi connectivity index (χ1n) is 6.91. The molecular weight excluding hydrogens is 260 g/mol. The highest BCUT2D eigenvalue weighted by Crippen LogP contribution is 2.23. The second kappa shape index (κ2) is 6.73. The van der Waals surface area contributed by atoms with Gasteiger partial charge in [0.15, 0.2) is 0 Å². The predicted molar refractivity (Wildman–Crippen MR) is 81.4 cm³/mol. The third-order valence-corrected chi connectivity index (χ3v) is 3.87. The summed E-state index contributed by atoms with van der Waals surface area (Å²) >= 11 is 6.31. The topological polar surface area (TPSA) is 47.1 Å². The monoisotopic (exact) mass is 286 g/mol. The smallest absolute Gasteiger partial charge is 0.131 e. The minimum absolute atomic E-state index is 0.123. The Morgan fingerprint density at radius 3 is 2.47 bits per heavy atom. The van der Waals surface area contributed by atoms with Gasteiger partial charge in [-0.25, -0.2) is 0 Å². The molecule has 19 heavy (non-hydrogen) atoms. The van der Waals surface area contributed by atoms with Crippen molar-refractivity contribution in [2.75, 3.05) is 19.6 Å². The molecule has 0 aliphatic carbocycles. The number of aromatic nitrogens is 2. The Kier molecular flexibility index (Phi) is 5.83. The molecule has 0 spiro atoms. The maximum atomic E-state index is 6.31. The summed E-state index contributed by atoms with van der Waals surface area (Å²) in [7, 11) is 1.88. The van der Waals surface area contributed by atoms with Gasteiger partial charge in [0.25, 0.3) is 0 Å². The zero-order valence-corrected chi connectivity index (χ0v) is 13.6. The summed E-state index contributed by atoms with van der Waals surface area (Å²) in [6, 6.07) is 0. The van der Waals surface area contributed by atoms with Crippen LogP contribution in [0.1, 0.15) is 38.4 Å². The molecule has 0 fully saturated rings. The van der Waals surface area contributed by atoms with Crippen molar-refractivity contribution in [2.24, 2.45) is 18.2 Å². The molecule has 0 aromatic carbocycles.